The van der Waals surface area contributed by atoms with E-state index in [0.717, 1.165) is 0 Å². The summed E-state index contributed by atoms with van der Waals surface area (Å²) < 4.78 is 0. The van der Waals surface area contributed by atoms with Gasteiger partial charge >= 0.3 is 0 Å². The minimum atomic E-state index is -0.792. The van der Waals surface area contributed by atoms with E-state index in [9.17, 15) is 0 Å². The third-order valence-corrected chi connectivity index (χ3v) is 17.0. The average molecular weight is 708 g/mol. The Morgan fingerprint density at radius 3 is 0.429 bits per heavy atom. The fourth-order valence-electron chi connectivity index (χ4n) is 8.41. The predicted octanol–water partition coefficient (Wildman–Crippen LogP) is 18.7. The first-order chi connectivity index (χ1) is 24.2. The fourth-order valence-corrected chi connectivity index (χ4v) is 13.3. The lowest BCUT2D eigenvalue weighted by Crippen LogP contribution is -2.13. The third kappa shape index (κ3) is 38.0. The maximum Gasteiger partial charge on any atom is 0.0594 e. The molecule has 0 aromatic carbocycles. The molecule has 1 heteroatoms. The summed E-state index contributed by atoms with van der Waals surface area (Å²) in [5, 5.41) is 0. The lowest BCUT2D eigenvalue weighted by molar-refractivity contribution is 0.557. The Labute approximate surface area is 315 Å². The summed E-state index contributed by atoms with van der Waals surface area (Å²) in [5.41, 5.74) is 0. The molecule has 0 saturated heterocycles. The second kappa shape index (κ2) is 42.8. The van der Waals surface area contributed by atoms with Crippen molar-refractivity contribution in [2.24, 2.45) is 0 Å². The van der Waals surface area contributed by atoms with Crippen molar-refractivity contribution < 1.29 is 0 Å². The van der Waals surface area contributed by atoms with Gasteiger partial charge in [0.25, 0.3) is 0 Å². The molecule has 0 amide bonds. The van der Waals surface area contributed by atoms with Gasteiger partial charge in [0, 0.05) is 7.26 Å². The SMILES string of the molecule is CCCCCCCCCCCC[P+](CCCCCCCCCCCC)(CCCCCCCCCCCC)CCCCCCCCCCCC. The maximum atomic E-state index is 2.34. The van der Waals surface area contributed by atoms with Crippen LogP contribution in [0, 0.1) is 0 Å². The number of unbranched alkanes of at least 4 members (excludes halogenated alkanes) is 36. The van der Waals surface area contributed by atoms with Gasteiger partial charge < -0.3 is 0 Å². The van der Waals surface area contributed by atoms with E-state index in [1.807, 2.05) is 0 Å². The third-order valence-electron chi connectivity index (χ3n) is 11.9. The first kappa shape index (κ1) is 49.4. The smallest absolute Gasteiger partial charge is 0.0594 e. The van der Waals surface area contributed by atoms with Crippen LogP contribution in [0.3, 0.4) is 0 Å². The summed E-state index contributed by atoms with van der Waals surface area (Å²) in [6.45, 7) is 9.36. The molecule has 0 bridgehead atoms. The van der Waals surface area contributed by atoms with Crippen molar-refractivity contribution in [3.8, 4) is 0 Å². The van der Waals surface area contributed by atoms with Gasteiger partial charge in [-0.15, -0.1) is 0 Å². The molecule has 49 heavy (non-hydrogen) atoms. The average Bonchev–Trinajstić information content (AvgIpc) is 3.11. The molecule has 0 spiro atoms. The highest BCUT2D eigenvalue weighted by Crippen LogP contribution is 2.61. The molecule has 296 valence electrons. The monoisotopic (exact) mass is 708 g/mol. The molecule has 0 aliphatic carbocycles. The lowest BCUT2D eigenvalue weighted by atomic mass is 10.1. The first-order valence-corrected chi connectivity index (χ1v) is 26.6. The van der Waals surface area contributed by atoms with Crippen LogP contribution in [0.15, 0.2) is 0 Å². The summed E-state index contributed by atoms with van der Waals surface area (Å²) in [4.78, 5) is 0. The van der Waals surface area contributed by atoms with Crippen LogP contribution in [-0.2, 0) is 0 Å². The summed E-state index contributed by atoms with van der Waals surface area (Å²) in [7, 11) is -0.792. The molecule has 0 aliphatic rings. The highest BCUT2D eigenvalue weighted by atomic mass is 31.2. The zero-order valence-electron chi connectivity index (χ0n) is 35.6. The second-order valence-electron chi connectivity index (χ2n) is 17.0. The van der Waals surface area contributed by atoms with Gasteiger partial charge in [-0.25, -0.2) is 0 Å². The molecule has 0 unspecified atom stereocenters. The Hall–Kier alpha value is 0.430. The van der Waals surface area contributed by atoms with Crippen LogP contribution < -0.4 is 0 Å². The first-order valence-electron chi connectivity index (χ1n) is 24.1. The van der Waals surface area contributed by atoms with Gasteiger partial charge in [0.1, 0.15) is 0 Å². The van der Waals surface area contributed by atoms with Gasteiger partial charge in [0.2, 0.25) is 0 Å². The van der Waals surface area contributed by atoms with Crippen molar-refractivity contribution >= 4 is 7.26 Å². The molecular formula is C48H100P+. The van der Waals surface area contributed by atoms with Crippen molar-refractivity contribution in [2.45, 2.75) is 285 Å². The standard InChI is InChI=1S/C48H100P/c1-5-9-13-17-21-25-29-33-37-41-45-49(46-42-38-34-30-26-22-18-14-10-6-2,47-43-39-35-31-27-23-19-15-11-7-3)48-44-40-36-32-28-24-20-16-12-8-4/h5-48H2,1-4H3/q+1. The summed E-state index contributed by atoms with van der Waals surface area (Å²) in [6.07, 6.45) is 66.2. The molecule has 0 rings (SSSR count). The van der Waals surface area contributed by atoms with Crippen LogP contribution in [0.25, 0.3) is 0 Å². The number of rotatable bonds is 44. The highest BCUT2D eigenvalue weighted by molar-refractivity contribution is 7.75. The lowest BCUT2D eigenvalue weighted by Gasteiger charge is -2.28. The van der Waals surface area contributed by atoms with E-state index < -0.39 is 7.26 Å². The quantitative estimate of drug-likeness (QED) is 0.0437. The van der Waals surface area contributed by atoms with Crippen molar-refractivity contribution in [2.75, 3.05) is 24.6 Å². The van der Waals surface area contributed by atoms with E-state index in [0.29, 0.717) is 0 Å². The molecule has 0 saturated carbocycles. The number of hydrogen-bond donors (Lipinski definition) is 0. The van der Waals surface area contributed by atoms with Crippen LogP contribution in [0.5, 0.6) is 0 Å². The van der Waals surface area contributed by atoms with Crippen molar-refractivity contribution in [3.63, 3.8) is 0 Å². The Kier molecular flexibility index (Phi) is 43.2. The Bertz CT molecular complexity index is 468. The highest BCUT2D eigenvalue weighted by Gasteiger charge is 2.35. The topological polar surface area (TPSA) is 0 Å². The van der Waals surface area contributed by atoms with Crippen LogP contribution in [0.1, 0.15) is 285 Å². The molecular weight excluding hydrogens is 608 g/mol. The van der Waals surface area contributed by atoms with Crippen LogP contribution >= 0.6 is 7.26 Å². The van der Waals surface area contributed by atoms with Gasteiger partial charge in [-0.1, -0.05) is 233 Å². The molecule has 0 fully saturated rings. The molecule has 0 atom stereocenters. The Balaban J connectivity index is 4.87. The molecule has 0 radical (unpaired) electrons. The summed E-state index contributed by atoms with van der Waals surface area (Å²) >= 11 is 0. The minimum absolute atomic E-state index is 0.792. The van der Waals surface area contributed by atoms with Gasteiger partial charge in [-0.05, 0) is 51.4 Å². The van der Waals surface area contributed by atoms with Crippen LogP contribution in [-0.4, -0.2) is 24.6 Å². The Morgan fingerprint density at radius 2 is 0.286 bits per heavy atom. The molecule has 0 aliphatic heterocycles. The van der Waals surface area contributed by atoms with E-state index in [4.69, 9.17) is 0 Å². The zero-order valence-corrected chi connectivity index (χ0v) is 36.5. The van der Waals surface area contributed by atoms with Gasteiger partial charge in [0.05, 0.1) is 24.6 Å². The van der Waals surface area contributed by atoms with E-state index in [-0.39, 0.29) is 0 Å². The van der Waals surface area contributed by atoms with Crippen LogP contribution in [0.2, 0.25) is 0 Å². The number of hydrogen-bond acceptors (Lipinski definition) is 0. The van der Waals surface area contributed by atoms with Crippen molar-refractivity contribution in [1.29, 1.82) is 0 Å². The van der Waals surface area contributed by atoms with E-state index in [1.54, 1.807) is 50.3 Å². The molecule has 0 aromatic heterocycles. The normalized spacial score (nSPS) is 12.0. The van der Waals surface area contributed by atoms with Crippen molar-refractivity contribution in [1.82, 2.24) is 0 Å². The Morgan fingerprint density at radius 1 is 0.163 bits per heavy atom. The van der Waals surface area contributed by atoms with E-state index in [1.165, 1.54) is 231 Å². The zero-order chi connectivity index (χ0) is 35.6. The maximum absolute atomic E-state index is 2.34. The van der Waals surface area contributed by atoms with Gasteiger partial charge in [0.15, 0.2) is 0 Å². The predicted molar refractivity (Wildman–Crippen MR) is 234 cm³/mol. The van der Waals surface area contributed by atoms with E-state index in [2.05, 4.69) is 27.7 Å². The second-order valence-corrected chi connectivity index (χ2v) is 21.4. The summed E-state index contributed by atoms with van der Waals surface area (Å²) in [6, 6.07) is 0. The van der Waals surface area contributed by atoms with Gasteiger partial charge in [-0.3, -0.25) is 0 Å². The van der Waals surface area contributed by atoms with Crippen molar-refractivity contribution in [3.05, 3.63) is 0 Å². The minimum Gasteiger partial charge on any atom is -0.0654 e. The molecule has 0 aromatic rings. The molecule has 0 N–H and O–H groups in total. The van der Waals surface area contributed by atoms with E-state index >= 15 is 0 Å². The summed E-state index contributed by atoms with van der Waals surface area (Å²) in [5.74, 6) is 0. The van der Waals surface area contributed by atoms with Crippen LogP contribution in [0.4, 0.5) is 0 Å². The molecule has 0 heterocycles. The molecule has 0 nitrogen and oxygen atoms in total. The largest absolute Gasteiger partial charge is 0.0654 e. The fraction of sp³-hybridized carbons (Fsp3) is 1.00. The van der Waals surface area contributed by atoms with Gasteiger partial charge in [-0.2, -0.15) is 0 Å².